The standard InChI is InChI=1S/C14H16N2O3S/c1-14(5-2-6-18-14)8-15-12(17)9-3-4-10-11(7-9)19-13(20)16-10/h3-4,7H,2,5-6,8H2,1H3,(H,15,17)(H,16,20)/t14-/m0/s1. The first-order valence-electron chi connectivity index (χ1n) is 6.61. The highest BCUT2D eigenvalue weighted by Crippen LogP contribution is 2.24. The Labute approximate surface area is 121 Å². The number of H-pyrrole nitrogens is 1. The Morgan fingerprint density at radius 2 is 2.40 bits per heavy atom. The molecule has 5 nitrogen and oxygen atoms in total. The highest BCUT2D eigenvalue weighted by molar-refractivity contribution is 7.71. The van der Waals surface area contributed by atoms with Gasteiger partial charge in [0.25, 0.3) is 10.7 Å². The third-order valence-electron chi connectivity index (χ3n) is 3.61. The lowest BCUT2D eigenvalue weighted by atomic mass is 10.0. The average Bonchev–Trinajstić information content (AvgIpc) is 3.00. The van der Waals surface area contributed by atoms with Gasteiger partial charge in [-0.05, 0) is 50.2 Å². The maximum Gasteiger partial charge on any atom is 0.266 e. The van der Waals surface area contributed by atoms with Crippen molar-refractivity contribution in [2.75, 3.05) is 13.2 Å². The van der Waals surface area contributed by atoms with Crippen LogP contribution in [0, 0.1) is 4.84 Å². The van der Waals surface area contributed by atoms with E-state index >= 15 is 0 Å². The number of aromatic nitrogens is 1. The molecule has 1 aliphatic heterocycles. The van der Waals surface area contributed by atoms with Gasteiger partial charge in [-0.3, -0.25) is 4.79 Å². The van der Waals surface area contributed by atoms with Crippen LogP contribution in [-0.2, 0) is 4.74 Å². The molecule has 20 heavy (non-hydrogen) atoms. The van der Waals surface area contributed by atoms with Crippen LogP contribution >= 0.6 is 12.2 Å². The summed E-state index contributed by atoms with van der Waals surface area (Å²) in [5.74, 6) is -0.133. The van der Waals surface area contributed by atoms with Gasteiger partial charge in [-0.2, -0.15) is 0 Å². The van der Waals surface area contributed by atoms with E-state index in [0.29, 0.717) is 22.5 Å². The summed E-state index contributed by atoms with van der Waals surface area (Å²) in [5.41, 5.74) is 1.69. The Morgan fingerprint density at radius 3 is 3.15 bits per heavy atom. The minimum absolute atomic E-state index is 0.133. The fourth-order valence-corrected chi connectivity index (χ4v) is 2.63. The molecule has 0 radical (unpaired) electrons. The topological polar surface area (TPSA) is 67.3 Å². The van der Waals surface area contributed by atoms with E-state index in [9.17, 15) is 4.79 Å². The lowest BCUT2D eigenvalue weighted by Gasteiger charge is -2.23. The zero-order valence-corrected chi connectivity index (χ0v) is 12.0. The van der Waals surface area contributed by atoms with Crippen molar-refractivity contribution < 1.29 is 13.9 Å². The molecule has 1 aromatic carbocycles. The normalized spacial score (nSPS) is 22.2. The number of hydrogen-bond acceptors (Lipinski definition) is 4. The lowest BCUT2D eigenvalue weighted by Crippen LogP contribution is -2.40. The van der Waals surface area contributed by atoms with Crippen LogP contribution in [0.5, 0.6) is 0 Å². The third-order valence-corrected chi connectivity index (χ3v) is 3.79. The number of carbonyl (C=O) groups is 1. The quantitative estimate of drug-likeness (QED) is 0.854. The fraction of sp³-hybridized carbons (Fsp3) is 0.429. The van der Waals surface area contributed by atoms with Crippen molar-refractivity contribution in [2.45, 2.75) is 25.4 Å². The second-order valence-corrected chi connectivity index (χ2v) is 5.68. The number of benzene rings is 1. The largest absolute Gasteiger partial charge is 0.429 e. The van der Waals surface area contributed by atoms with E-state index in [1.165, 1.54) is 0 Å². The SMILES string of the molecule is C[C@@]1(CNC(=O)c2ccc3[nH]c(=S)oc3c2)CCCO1. The van der Waals surface area contributed by atoms with Gasteiger partial charge in [0.2, 0.25) is 0 Å². The van der Waals surface area contributed by atoms with Gasteiger partial charge in [0.05, 0.1) is 11.1 Å². The maximum absolute atomic E-state index is 12.1. The van der Waals surface area contributed by atoms with E-state index in [0.717, 1.165) is 25.0 Å². The van der Waals surface area contributed by atoms with Gasteiger partial charge in [0.1, 0.15) is 0 Å². The molecule has 2 N–H and O–H groups in total. The monoisotopic (exact) mass is 292 g/mol. The summed E-state index contributed by atoms with van der Waals surface area (Å²) in [6.45, 7) is 3.30. The second-order valence-electron chi connectivity index (χ2n) is 5.31. The Balaban J connectivity index is 1.73. The molecule has 1 aliphatic rings. The molecule has 0 unspecified atom stereocenters. The molecule has 1 amide bonds. The highest BCUT2D eigenvalue weighted by atomic mass is 32.1. The Morgan fingerprint density at radius 1 is 1.55 bits per heavy atom. The summed E-state index contributed by atoms with van der Waals surface area (Å²) >= 11 is 4.92. The minimum atomic E-state index is -0.244. The average molecular weight is 292 g/mol. The van der Waals surface area contributed by atoms with E-state index in [-0.39, 0.29) is 11.5 Å². The number of oxazole rings is 1. The highest BCUT2D eigenvalue weighted by Gasteiger charge is 2.30. The van der Waals surface area contributed by atoms with Gasteiger partial charge in [0, 0.05) is 18.7 Å². The van der Waals surface area contributed by atoms with Gasteiger partial charge in [0.15, 0.2) is 5.58 Å². The smallest absolute Gasteiger partial charge is 0.266 e. The molecule has 2 aromatic rings. The summed E-state index contributed by atoms with van der Waals surface area (Å²) in [4.78, 5) is 15.4. The molecule has 1 atom stereocenters. The molecule has 1 saturated heterocycles. The van der Waals surface area contributed by atoms with E-state index in [4.69, 9.17) is 21.4 Å². The van der Waals surface area contributed by atoms with E-state index in [2.05, 4.69) is 10.3 Å². The first kappa shape index (κ1) is 13.3. The zero-order valence-electron chi connectivity index (χ0n) is 11.2. The number of ether oxygens (including phenoxy) is 1. The van der Waals surface area contributed by atoms with E-state index in [1.54, 1.807) is 18.2 Å². The van der Waals surface area contributed by atoms with Crippen molar-refractivity contribution in [1.29, 1.82) is 0 Å². The first-order chi connectivity index (χ1) is 9.56. The van der Waals surface area contributed by atoms with Crippen molar-refractivity contribution >= 4 is 29.2 Å². The molecule has 6 heteroatoms. The summed E-state index contributed by atoms with van der Waals surface area (Å²) in [7, 11) is 0. The predicted molar refractivity (Wildman–Crippen MR) is 77.3 cm³/mol. The number of aromatic amines is 1. The summed E-state index contributed by atoms with van der Waals surface area (Å²) in [6.07, 6.45) is 2.01. The molecular formula is C14H16N2O3S. The van der Waals surface area contributed by atoms with Crippen molar-refractivity contribution in [3.05, 3.63) is 28.6 Å². The molecule has 0 spiro atoms. The lowest BCUT2D eigenvalue weighted by molar-refractivity contribution is 0.0206. The third kappa shape index (κ3) is 2.62. The van der Waals surface area contributed by atoms with Gasteiger partial charge in [-0.25, -0.2) is 0 Å². The Bertz CT molecular complexity index is 698. The van der Waals surface area contributed by atoms with Gasteiger partial charge >= 0.3 is 0 Å². The van der Waals surface area contributed by atoms with Crippen molar-refractivity contribution in [1.82, 2.24) is 10.3 Å². The maximum atomic E-state index is 12.1. The predicted octanol–water partition coefficient (Wildman–Crippen LogP) is 2.79. The summed E-state index contributed by atoms with van der Waals surface area (Å²) in [6, 6.07) is 5.22. The van der Waals surface area contributed by atoms with Gasteiger partial charge in [-0.15, -0.1) is 0 Å². The van der Waals surface area contributed by atoms with Crippen LogP contribution in [0.15, 0.2) is 22.6 Å². The fourth-order valence-electron chi connectivity index (χ4n) is 2.43. The van der Waals surface area contributed by atoms with Crippen molar-refractivity contribution in [3.63, 3.8) is 0 Å². The van der Waals surface area contributed by atoms with Crippen LogP contribution in [0.2, 0.25) is 0 Å². The van der Waals surface area contributed by atoms with Crippen LogP contribution in [0.1, 0.15) is 30.1 Å². The number of nitrogens with one attached hydrogen (secondary N) is 2. The van der Waals surface area contributed by atoms with Gasteiger partial charge < -0.3 is 19.5 Å². The van der Waals surface area contributed by atoms with Crippen LogP contribution in [0.3, 0.4) is 0 Å². The summed E-state index contributed by atoms with van der Waals surface area (Å²) < 4.78 is 11.0. The molecule has 3 rings (SSSR count). The number of carbonyl (C=O) groups excluding carboxylic acids is 1. The first-order valence-corrected chi connectivity index (χ1v) is 7.02. The molecular weight excluding hydrogens is 276 g/mol. The molecule has 1 aromatic heterocycles. The van der Waals surface area contributed by atoms with Crippen LogP contribution in [-0.4, -0.2) is 29.6 Å². The molecule has 106 valence electrons. The van der Waals surface area contributed by atoms with Crippen molar-refractivity contribution in [2.24, 2.45) is 0 Å². The van der Waals surface area contributed by atoms with Crippen LogP contribution in [0.25, 0.3) is 11.1 Å². The van der Waals surface area contributed by atoms with Crippen molar-refractivity contribution in [3.8, 4) is 0 Å². The zero-order chi connectivity index (χ0) is 14.2. The minimum Gasteiger partial charge on any atom is -0.429 e. The van der Waals surface area contributed by atoms with Gasteiger partial charge in [-0.1, -0.05) is 0 Å². The van der Waals surface area contributed by atoms with E-state index in [1.807, 2.05) is 6.92 Å². The molecule has 0 bridgehead atoms. The molecule has 0 saturated carbocycles. The number of hydrogen-bond donors (Lipinski definition) is 2. The van der Waals surface area contributed by atoms with Crippen LogP contribution in [0.4, 0.5) is 0 Å². The second kappa shape index (κ2) is 5.03. The van der Waals surface area contributed by atoms with E-state index < -0.39 is 0 Å². The summed E-state index contributed by atoms with van der Waals surface area (Å²) in [5, 5.41) is 2.91. The number of fused-ring (bicyclic) bond motifs is 1. The molecule has 1 fully saturated rings. The molecule has 0 aliphatic carbocycles. The Kier molecular flexibility index (Phi) is 3.35. The number of rotatable bonds is 3. The molecule has 2 heterocycles. The number of amides is 1. The Hall–Kier alpha value is -1.66. The van der Waals surface area contributed by atoms with Crippen LogP contribution < -0.4 is 5.32 Å².